The highest BCUT2D eigenvalue weighted by Crippen LogP contribution is 2.12. The van der Waals surface area contributed by atoms with Crippen LogP contribution in [0.1, 0.15) is 136 Å². The first-order valence-electron chi connectivity index (χ1n) is 12.9. The Bertz CT molecular complexity index is 449. The van der Waals surface area contributed by atoms with Crippen molar-refractivity contribution in [2.45, 2.75) is 149 Å². The van der Waals surface area contributed by atoms with Gasteiger partial charge in [0, 0.05) is 6.42 Å². The van der Waals surface area contributed by atoms with Gasteiger partial charge in [0.05, 0.1) is 13.1 Å². The molecule has 0 radical (unpaired) electrons. The van der Waals surface area contributed by atoms with Crippen LogP contribution in [0.4, 0.5) is 0 Å². The number of aromatic nitrogens is 2. The average molecular weight is 392 g/mol. The molecule has 1 aromatic rings. The second-order valence-corrected chi connectivity index (χ2v) is 8.80. The third kappa shape index (κ3) is 11.9. The minimum Gasteiger partial charge on any atom is -0.234 e. The van der Waals surface area contributed by atoms with Gasteiger partial charge in [-0.3, -0.25) is 0 Å². The van der Waals surface area contributed by atoms with Crippen LogP contribution in [0.5, 0.6) is 0 Å². The summed E-state index contributed by atoms with van der Waals surface area (Å²) in [5, 5.41) is 0. The van der Waals surface area contributed by atoms with Gasteiger partial charge in [0.15, 0.2) is 0 Å². The van der Waals surface area contributed by atoms with E-state index in [1.54, 1.807) is 5.82 Å². The van der Waals surface area contributed by atoms with Crippen molar-refractivity contribution < 1.29 is 4.57 Å². The van der Waals surface area contributed by atoms with Crippen molar-refractivity contribution in [3.63, 3.8) is 0 Å². The van der Waals surface area contributed by atoms with Gasteiger partial charge in [-0.15, -0.1) is 0 Å². The topological polar surface area (TPSA) is 8.81 Å². The van der Waals surface area contributed by atoms with E-state index in [4.69, 9.17) is 0 Å². The van der Waals surface area contributed by atoms with Crippen LogP contribution in [0.2, 0.25) is 0 Å². The Kier molecular flexibility index (Phi) is 16.5. The van der Waals surface area contributed by atoms with E-state index in [0.29, 0.717) is 0 Å². The van der Waals surface area contributed by atoms with Crippen molar-refractivity contribution in [3.05, 3.63) is 18.2 Å². The van der Waals surface area contributed by atoms with E-state index >= 15 is 0 Å². The Morgan fingerprint density at radius 3 is 1.71 bits per heavy atom. The summed E-state index contributed by atoms with van der Waals surface area (Å²) in [6, 6.07) is 0. The zero-order valence-corrected chi connectivity index (χ0v) is 19.7. The highest BCUT2D eigenvalue weighted by Gasteiger charge is 2.16. The van der Waals surface area contributed by atoms with Crippen LogP contribution in [-0.4, -0.2) is 4.57 Å². The van der Waals surface area contributed by atoms with Crippen LogP contribution >= 0.6 is 0 Å². The normalized spacial score (nSPS) is 11.4. The van der Waals surface area contributed by atoms with E-state index in [1.165, 1.54) is 129 Å². The van der Waals surface area contributed by atoms with Crippen LogP contribution in [0, 0.1) is 0 Å². The number of imidazole rings is 1. The number of nitrogens with zero attached hydrogens (tertiary/aromatic N) is 2. The van der Waals surface area contributed by atoms with Gasteiger partial charge in [0.25, 0.3) is 5.82 Å². The maximum Gasteiger partial charge on any atom is 0.256 e. The van der Waals surface area contributed by atoms with Gasteiger partial charge >= 0.3 is 0 Å². The summed E-state index contributed by atoms with van der Waals surface area (Å²) in [7, 11) is 0. The van der Waals surface area contributed by atoms with Gasteiger partial charge in [0.2, 0.25) is 0 Å². The molecule has 0 aliphatic carbocycles. The van der Waals surface area contributed by atoms with Gasteiger partial charge in [-0.25, -0.2) is 9.13 Å². The zero-order chi connectivity index (χ0) is 20.3. The second kappa shape index (κ2) is 18.3. The lowest BCUT2D eigenvalue weighted by Crippen LogP contribution is -2.37. The summed E-state index contributed by atoms with van der Waals surface area (Å²) in [5.41, 5.74) is 0. The third-order valence-electron chi connectivity index (χ3n) is 6.10. The maximum atomic E-state index is 2.57. The quantitative estimate of drug-likeness (QED) is 0.157. The molecule has 2 nitrogen and oxygen atoms in total. The molecule has 164 valence electrons. The molecule has 1 rings (SSSR count). The van der Waals surface area contributed by atoms with Crippen LogP contribution in [-0.2, 0) is 19.5 Å². The summed E-state index contributed by atoms with van der Waals surface area (Å²) in [5.74, 6) is 1.59. The summed E-state index contributed by atoms with van der Waals surface area (Å²) >= 11 is 0. The Hall–Kier alpha value is -0.790. The van der Waals surface area contributed by atoms with Crippen LogP contribution in [0.15, 0.2) is 12.4 Å². The van der Waals surface area contributed by atoms with Crippen molar-refractivity contribution >= 4 is 0 Å². The van der Waals surface area contributed by atoms with E-state index in [-0.39, 0.29) is 0 Å². The van der Waals surface area contributed by atoms with Crippen molar-refractivity contribution in [3.8, 4) is 0 Å². The first-order valence-corrected chi connectivity index (χ1v) is 12.9. The molecule has 0 spiro atoms. The van der Waals surface area contributed by atoms with Gasteiger partial charge in [-0.1, -0.05) is 97.8 Å². The number of aryl methyl sites for hydroxylation is 2. The minimum atomic E-state index is 1.21. The molecule has 0 fully saturated rings. The number of hydrogen-bond acceptors (Lipinski definition) is 0. The van der Waals surface area contributed by atoms with Crippen LogP contribution < -0.4 is 4.57 Å². The maximum absolute atomic E-state index is 2.57. The zero-order valence-electron chi connectivity index (χ0n) is 19.7. The molecule has 2 heteroatoms. The smallest absolute Gasteiger partial charge is 0.234 e. The highest BCUT2D eigenvalue weighted by molar-refractivity contribution is 4.84. The molecule has 0 saturated heterocycles. The highest BCUT2D eigenvalue weighted by atomic mass is 15.1. The molecule has 0 aliphatic heterocycles. The standard InChI is InChI=1S/C26H51N2/c1-4-7-10-12-13-14-15-16-18-21-26-27(22-19-9-6-3)24-25-28(26)23-20-17-11-8-5-2/h24-25H,4-23H2,1-3H3/q+1. The van der Waals surface area contributed by atoms with Crippen molar-refractivity contribution in [1.82, 2.24) is 4.57 Å². The fraction of sp³-hybridized carbons (Fsp3) is 0.885. The van der Waals surface area contributed by atoms with Gasteiger partial charge in [-0.2, -0.15) is 0 Å². The van der Waals surface area contributed by atoms with Gasteiger partial charge in [-0.05, 0) is 32.1 Å². The van der Waals surface area contributed by atoms with Gasteiger partial charge < -0.3 is 0 Å². The summed E-state index contributed by atoms with van der Waals surface area (Å²) in [4.78, 5) is 0. The Balaban J connectivity index is 2.35. The fourth-order valence-electron chi connectivity index (χ4n) is 4.20. The SMILES string of the molecule is CCCCCCCCCCCc1n(CCCCCCC)cc[n+]1CCCCC. The van der Waals surface area contributed by atoms with Gasteiger partial charge in [0.1, 0.15) is 12.4 Å². The van der Waals surface area contributed by atoms with E-state index in [0.717, 1.165) is 0 Å². The number of rotatable bonds is 20. The Morgan fingerprint density at radius 1 is 0.607 bits per heavy atom. The molecule has 1 heterocycles. The Labute approximate surface area is 177 Å². The van der Waals surface area contributed by atoms with Crippen LogP contribution in [0.3, 0.4) is 0 Å². The van der Waals surface area contributed by atoms with Crippen molar-refractivity contribution in [2.24, 2.45) is 0 Å². The van der Waals surface area contributed by atoms with Crippen LogP contribution in [0.25, 0.3) is 0 Å². The first kappa shape index (κ1) is 25.2. The second-order valence-electron chi connectivity index (χ2n) is 8.80. The molecule has 0 aliphatic rings. The molecule has 0 atom stereocenters. The molecule has 0 saturated carbocycles. The molecule has 0 amide bonds. The average Bonchev–Trinajstić information content (AvgIpc) is 3.08. The van der Waals surface area contributed by atoms with E-state index in [2.05, 4.69) is 42.3 Å². The molecule has 0 unspecified atom stereocenters. The van der Waals surface area contributed by atoms with Crippen molar-refractivity contribution in [2.75, 3.05) is 0 Å². The summed E-state index contributed by atoms with van der Waals surface area (Å²) in [6.07, 6.45) is 29.6. The molecular formula is C26H51N2+. The monoisotopic (exact) mass is 391 g/mol. The number of hydrogen-bond donors (Lipinski definition) is 0. The summed E-state index contributed by atoms with van der Waals surface area (Å²) in [6.45, 7) is 9.33. The van der Waals surface area contributed by atoms with E-state index in [1.807, 2.05) is 0 Å². The predicted octanol–water partition coefficient (Wildman–Crippen LogP) is 8.01. The largest absolute Gasteiger partial charge is 0.256 e. The molecule has 0 aromatic carbocycles. The molecule has 0 bridgehead atoms. The lowest BCUT2D eigenvalue weighted by atomic mass is 10.1. The lowest BCUT2D eigenvalue weighted by Gasteiger charge is -2.06. The van der Waals surface area contributed by atoms with Crippen molar-refractivity contribution in [1.29, 1.82) is 0 Å². The molecular weight excluding hydrogens is 340 g/mol. The third-order valence-corrected chi connectivity index (χ3v) is 6.10. The first-order chi connectivity index (χ1) is 13.8. The lowest BCUT2D eigenvalue weighted by molar-refractivity contribution is -0.704. The Morgan fingerprint density at radius 2 is 1.11 bits per heavy atom. The molecule has 1 aromatic heterocycles. The molecule has 28 heavy (non-hydrogen) atoms. The van der Waals surface area contributed by atoms with E-state index < -0.39 is 0 Å². The predicted molar refractivity (Wildman–Crippen MR) is 124 cm³/mol. The fourth-order valence-corrected chi connectivity index (χ4v) is 4.20. The van der Waals surface area contributed by atoms with E-state index in [9.17, 15) is 0 Å². The summed E-state index contributed by atoms with van der Waals surface area (Å²) < 4.78 is 5.13. The molecule has 0 N–H and O–H groups in total. The minimum absolute atomic E-state index is 1.21. The number of unbranched alkanes of at least 4 members (excludes halogenated alkanes) is 14.